The second kappa shape index (κ2) is 8.02. The molecule has 3 heterocycles. The minimum Gasteiger partial charge on any atom is -0.493 e. The first kappa shape index (κ1) is 22.2. The molecule has 1 aliphatic heterocycles. The highest BCUT2D eigenvalue weighted by atomic mass is 79.9. The van der Waals surface area contributed by atoms with Gasteiger partial charge in [0.05, 0.1) is 18.1 Å². The zero-order chi connectivity index (χ0) is 23.4. The molecule has 2 fully saturated rings. The number of rotatable bonds is 4. The molecule has 2 aromatic heterocycles. The van der Waals surface area contributed by atoms with Crippen LogP contribution in [0.4, 0.5) is 5.69 Å². The number of benzene rings is 1. The third kappa shape index (κ3) is 4.22. The summed E-state index contributed by atoms with van der Waals surface area (Å²) in [4.78, 5) is 17.9. The van der Waals surface area contributed by atoms with Crippen molar-refractivity contribution in [1.82, 2.24) is 9.55 Å². The van der Waals surface area contributed by atoms with Gasteiger partial charge in [-0.1, -0.05) is 42.8 Å². The second-order valence-electron chi connectivity index (χ2n) is 10.7. The number of pyridine rings is 1. The fourth-order valence-electron chi connectivity index (χ4n) is 6.33. The van der Waals surface area contributed by atoms with E-state index in [1.165, 1.54) is 24.2 Å². The number of fused-ring (bicyclic) bond motifs is 3. The number of azo groups is 1. The van der Waals surface area contributed by atoms with Gasteiger partial charge in [-0.2, -0.15) is 0 Å². The first-order valence-electron chi connectivity index (χ1n) is 11.4. The molecule has 3 aromatic rings. The fraction of sp³-hybridized carbons (Fsp3) is 0.440. The molecule has 3 atom stereocenters. The SMILES string of the molecule is CC1(C)C[C@@H]2C[C@@](C)(C[NH+]2Cn2c(O)c(N=NC(=O)c3ccccn3)c3cc(Br)ccc32)C1. The van der Waals surface area contributed by atoms with E-state index in [0.29, 0.717) is 29.2 Å². The molecular weight excluding hydrogens is 482 g/mol. The summed E-state index contributed by atoms with van der Waals surface area (Å²) in [5, 5.41) is 20.0. The number of hydrogen-bond donors (Lipinski definition) is 2. The number of carbonyl (C=O) groups is 1. The van der Waals surface area contributed by atoms with Crippen molar-refractivity contribution in [3.8, 4) is 5.88 Å². The van der Waals surface area contributed by atoms with Crippen molar-refractivity contribution in [1.29, 1.82) is 0 Å². The summed E-state index contributed by atoms with van der Waals surface area (Å²) < 4.78 is 2.80. The van der Waals surface area contributed by atoms with Crippen molar-refractivity contribution < 1.29 is 14.8 Å². The Hall–Kier alpha value is -2.58. The van der Waals surface area contributed by atoms with Crippen LogP contribution in [0.1, 0.15) is 50.5 Å². The predicted molar refractivity (Wildman–Crippen MR) is 130 cm³/mol. The van der Waals surface area contributed by atoms with Gasteiger partial charge in [-0.15, -0.1) is 10.2 Å². The number of carbonyl (C=O) groups excluding carboxylic acids is 1. The Kier molecular flexibility index (Phi) is 5.40. The van der Waals surface area contributed by atoms with Gasteiger partial charge < -0.3 is 10.0 Å². The van der Waals surface area contributed by atoms with Crippen LogP contribution in [0.2, 0.25) is 0 Å². The van der Waals surface area contributed by atoms with E-state index >= 15 is 0 Å². The predicted octanol–water partition coefficient (Wildman–Crippen LogP) is 4.87. The Morgan fingerprint density at radius 3 is 2.85 bits per heavy atom. The molecule has 1 aliphatic carbocycles. The number of halogens is 1. The van der Waals surface area contributed by atoms with Gasteiger partial charge in [0.25, 0.3) is 0 Å². The maximum Gasteiger partial charge on any atom is 0.313 e. The molecule has 7 nitrogen and oxygen atoms in total. The van der Waals surface area contributed by atoms with Gasteiger partial charge in [0.15, 0.2) is 12.4 Å². The van der Waals surface area contributed by atoms with Crippen molar-refractivity contribution >= 4 is 38.4 Å². The van der Waals surface area contributed by atoms with Gasteiger partial charge in [0.2, 0.25) is 5.88 Å². The number of aromatic nitrogens is 2. The van der Waals surface area contributed by atoms with Crippen molar-refractivity contribution in [3.63, 3.8) is 0 Å². The van der Waals surface area contributed by atoms with Gasteiger partial charge >= 0.3 is 5.91 Å². The topological polar surface area (TPSA) is 84.3 Å². The molecule has 172 valence electrons. The zero-order valence-electron chi connectivity index (χ0n) is 19.2. The molecule has 1 amide bonds. The average Bonchev–Trinajstić information content (AvgIpc) is 3.15. The maximum atomic E-state index is 12.4. The van der Waals surface area contributed by atoms with Crippen LogP contribution in [0.3, 0.4) is 0 Å². The quantitative estimate of drug-likeness (QED) is 0.491. The Labute approximate surface area is 201 Å². The molecule has 5 rings (SSSR count). The molecular formula is C25H29BrN5O2+. The fourth-order valence-corrected chi connectivity index (χ4v) is 6.69. The Balaban J connectivity index is 1.50. The summed E-state index contributed by atoms with van der Waals surface area (Å²) in [6.07, 6.45) is 5.19. The third-order valence-corrected chi connectivity index (χ3v) is 7.63. The number of nitrogens with one attached hydrogen (secondary N) is 1. The molecule has 1 saturated carbocycles. The molecule has 2 aliphatic rings. The molecule has 1 saturated heterocycles. The van der Waals surface area contributed by atoms with E-state index in [2.05, 4.69) is 51.9 Å². The van der Waals surface area contributed by atoms with Crippen molar-refractivity contribution in [3.05, 3.63) is 52.8 Å². The highest BCUT2D eigenvalue weighted by Gasteiger charge is 2.52. The minimum absolute atomic E-state index is 0.0408. The van der Waals surface area contributed by atoms with Crippen LogP contribution in [0.25, 0.3) is 10.9 Å². The molecule has 33 heavy (non-hydrogen) atoms. The van der Waals surface area contributed by atoms with Crippen LogP contribution < -0.4 is 4.90 Å². The summed E-state index contributed by atoms with van der Waals surface area (Å²) in [6, 6.07) is 11.5. The number of quaternary nitrogens is 1. The molecule has 2 bridgehead atoms. The summed E-state index contributed by atoms with van der Waals surface area (Å²) in [7, 11) is 0. The number of amides is 1. The van der Waals surface area contributed by atoms with Gasteiger partial charge in [-0.05, 0) is 42.2 Å². The molecule has 1 unspecified atom stereocenters. The van der Waals surface area contributed by atoms with Crippen LogP contribution in [-0.4, -0.2) is 33.2 Å². The van der Waals surface area contributed by atoms with Crippen molar-refractivity contribution in [2.75, 3.05) is 6.54 Å². The van der Waals surface area contributed by atoms with E-state index in [9.17, 15) is 9.90 Å². The van der Waals surface area contributed by atoms with Crippen LogP contribution in [-0.2, 0) is 6.67 Å². The molecule has 2 N–H and O–H groups in total. The van der Waals surface area contributed by atoms with E-state index in [0.717, 1.165) is 21.9 Å². The number of likely N-dealkylation sites (tertiary alicyclic amines) is 1. The maximum absolute atomic E-state index is 12.4. The Morgan fingerprint density at radius 1 is 1.27 bits per heavy atom. The summed E-state index contributed by atoms with van der Waals surface area (Å²) >= 11 is 3.52. The van der Waals surface area contributed by atoms with Crippen LogP contribution >= 0.6 is 15.9 Å². The first-order valence-corrected chi connectivity index (χ1v) is 12.2. The number of nitrogens with zero attached hydrogens (tertiary/aromatic N) is 4. The standard InChI is InChI=1S/C25H28BrN5O2/c1-24(2)11-17-12-25(3,13-24)14-30(17)15-31-20-8-7-16(26)10-18(20)21(23(31)33)28-29-22(32)19-6-4-5-9-27-19/h4-10,17,33H,11-15H2,1-3H3/p+1/t17-,25-/m1/s1. The molecule has 8 heteroatoms. The van der Waals surface area contributed by atoms with E-state index < -0.39 is 5.91 Å². The monoisotopic (exact) mass is 510 g/mol. The van der Waals surface area contributed by atoms with Crippen molar-refractivity contribution in [2.24, 2.45) is 21.1 Å². The van der Waals surface area contributed by atoms with E-state index in [1.807, 2.05) is 22.8 Å². The summed E-state index contributed by atoms with van der Waals surface area (Å²) in [6.45, 7) is 8.90. The minimum atomic E-state index is -0.542. The van der Waals surface area contributed by atoms with Crippen molar-refractivity contribution in [2.45, 2.75) is 52.7 Å². The Bertz CT molecular complexity index is 1250. The smallest absolute Gasteiger partial charge is 0.313 e. The summed E-state index contributed by atoms with van der Waals surface area (Å²) in [5.41, 5.74) is 2.09. The molecule has 0 spiro atoms. The van der Waals surface area contributed by atoms with Crippen LogP contribution in [0.15, 0.2) is 57.3 Å². The third-order valence-electron chi connectivity index (χ3n) is 7.13. The number of hydrogen-bond acceptors (Lipinski definition) is 4. The van der Waals surface area contributed by atoms with E-state index in [1.54, 1.807) is 24.4 Å². The first-order chi connectivity index (χ1) is 15.6. The Morgan fingerprint density at radius 2 is 2.09 bits per heavy atom. The van der Waals surface area contributed by atoms with Gasteiger partial charge in [-0.25, -0.2) is 0 Å². The normalized spacial score (nSPS) is 26.3. The molecule has 1 aromatic carbocycles. The largest absolute Gasteiger partial charge is 0.493 e. The highest BCUT2D eigenvalue weighted by molar-refractivity contribution is 9.10. The number of aromatic hydroxyl groups is 1. The van der Waals surface area contributed by atoms with Crippen LogP contribution in [0.5, 0.6) is 5.88 Å². The van der Waals surface area contributed by atoms with Gasteiger partial charge in [0, 0.05) is 34.3 Å². The lowest BCUT2D eigenvalue weighted by Gasteiger charge is -2.37. The van der Waals surface area contributed by atoms with E-state index in [-0.39, 0.29) is 11.6 Å². The lowest BCUT2D eigenvalue weighted by Crippen LogP contribution is -3.13. The average molecular weight is 511 g/mol. The van der Waals surface area contributed by atoms with E-state index in [4.69, 9.17) is 0 Å². The van der Waals surface area contributed by atoms with Gasteiger partial charge in [-0.3, -0.25) is 14.3 Å². The van der Waals surface area contributed by atoms with Crippen LogP contribution in [0, 0.1) is 10.8 Å². The highest BCUT2D eigenvalue weighted by Crippen LogP contribution is 2.47. The molecule has 0 radical (unpaired) electrons. The van der Waals surface area contributed by atoms with Gasteiger partial charge in [0.1, 0.15) is 5.69 Å². The second-order valence-corrected chi connectivity index (χ2v) is 11.6. The zero-order valence-corrected chi connectivity index (χ0v) is 20.8. The lowest BCUT2D eigenvalue weighted by atomic mass is 9.65. The lowest BCUT2D eigenvalue weighted by molar-refractivity contribution is -0.936. The summed E-state index contributed by atoms with van der Waals surface area (Å²) in [5.74, 6) is -0.501.